The number of nitrogens with zero attached hydrogens (tertiary/aromatic N) is 3. The molecule has 1 aliphatic heterocycles. The van der Waals surface area contributed by atoms with Crippen LogP contribution in [0.4, 0.5) is 0 Å². The Morgan fingerprint density at radius 3 is 2.56 bits per heavy atom. The van der Waals surface area contributed by atoms with Crippen molar-refractivity contribution in [1.29, 1.82) is 0 Å². The van der Waals surface area contributed by atoms with E-state index in [1.165, 1.54) is 5.56 Å². The first-order chi connectivity index (χ1) is 16.4. The second-order valence-electron chi connectivity index (χ2n) is 9.33. The van der Waals surface area contributed by atoms with Crippen LogP contribution in [-0.4, -0.2) is 57.2 Å². The van der Waals surface area contributed by atoms with Crippen molar-refractivity contribution in [2.75, 3.05) is 19.6 Å². The van der Waals surface area contributed by atoms with Gasteiger partial charge in [-0.2, -0.15) is 0 Å². The minimum atomic E-state index is -0.136. The van der Waals surface area contributed by atoms with Crippen LogP contribution in [0.25, 0.3) is 22.6 Å². The van der Waals surface area contributed by atoms with Crippen LogP contribution in [0.3, 0.4) is 0 Å². The first kappa shape index (κ1) is 24.5. The maximum Gasteiger partial charge on any atom is 0.240 e. The van der Waals surface area contributed by atoms with Gasteiger partial charge in [-0.1, -0.05) is 48.0 Å². The molecule has 0 saturated carbocycles. The van der Waals surface area contributed by atoms with Crippen LogP contribution in [0.2, 0.25) is 5.02 Å². The normalized spacial score (nSPS) is 15.1. The highest BCUT2D eigenvalue weighted by molar-refractivity contribution is 6.30. The van der Waals surface area contributed by atoms with Gasteiger partial charge in [0.1, 0.15) is 12.4 Å². The van der Waals surface area contributed by atoms with Crippen molar-refractivity contribution in [3.8, 4) is 22.6 Å². The average Bonchev–Trinajstić information content (AvgIpc) is 3.22. The van der Waals surface area contributed by atoms with Gasteiger partial charge >= 0.3 is 0 Å². The van der Waals surface area contributed by atoms with E-state index in [0.29, 0.717) is 10.8 Å². The van der Waals surface area contributed by atoms with Gasteiger partial charge < -0.3 is 19.9 Å². The highest BCUT2D eigenvalue weighted by Gasteiger charge is 2.17. The fraction of sp³-hybridized carbons (Fsp3) is 0.407. The highest BCUT2D eigenvalue weighted by atomic mass is 35.5. The Morgan fingerprint density at radius 1 is 1.15 bits per heavy atom. The van der Waals surface area contributed by atoms with Gasteiger partial charge in [-0.3, -0.25) is 4.79 Å². The third-order valence-corrected chi connectivity index (χ3v) is 6.38. The molecule has 2 aromatic carbocycles. The highest BCUT2D eigenvalue weighted by Crippen LogP contribution is 2.27. The first-order valence-electron chi connectivity index (χ1n) is 12.0. The molecule has 2 heterocycles. The number of aromatic nitrogens is 2. The molecule has 0 unspecified atom stereocenters. The maximum atomic E-state index is 12.5. The minimum Gasteiger partial charge on any atom is -0.393 e. The summed E-state index contributed by atoms with van der Waals surface area (Å²) in [5, 5.41) is 13.3. The zero-order valence-corrected chi connectivity index (χ0v) is 20.6. The fourth-order valence-electron chi connectivity index (χ4n) is 4.33. The summed E-state index contributed by atoms with van der Waals surface area (Å²) in [4.78, 5) is 19.8. The number of aliphatic hydroxyl groups excluding tert-OH is 1. The molecule has 0 spiro atoms. The van der Waals surface area contributed by atoms with E-state index in [1.807, 2.05) is 48.9 Å². The van der Waals surface area contributed by atoms with Gasteiger partial charge in [-0.05, 0) is 50.8 Å². The van der Waals surface area contributed by atoms with Crippen LogP contribution >= 0.6 is 11.6 Å². The lowest BCUT2D eigenvalue weighted by molar-refractivity contribution is -0.122. The number of imidazole rings is 1. The van der Waals surface area contributed by atoms with Crippen LogP contribution in [-0.2, 0) is 17.8 Å². The Bertz CT molecular complexity index is 1100. The summed E-state index contributed by atoms with van der Waals surface area (Å²) in [6, 6.07) is 16.1. The minimum absolute atomic E-state index is 0.0530. The monoisotopic (exact) mass is 480 g/mol. The summed E-state index contributed by atoms with van der Waals surface area (Å²) in [6.45, 7) is 7.03. The summed E-state index contributed by atoms with van der Waals surface area (Å²) in [5.41, 5.74) is 3.99. The van der Waals surface area contributed by atoms with Gasteiger partial charge in [-0.25, -0.2) is 4.98 Å². The van der Waals surface area contributed by atoms with Crippen molar-refractivity contribution in [3.63, 3.8) is 0 Å². The molecule has 1 saturated heterocycles. The van der Waals surface area contributed by atoms with Gasteiger partial charge in [0.15, 0.2) is 0 Å². The zero-order chi connectivity index (χ0) is 24.1. The second kappa shape index (κ2) is 11.2. The van der Waals surface area contributed by atoms with Crippen LogP contribution < -0.4 is 5.32 Å². The predicted octanol–water partition coefficient (Wildman–Crippen LogP) is 4.39. The Balaban J connectivity index is 1.51. The Kier molecular flexibility index (Phi) is 8.03. The molecule has 7 heteroatoms. The third-order valence-electron chi connectivity index (χ3n) is 6.15. The van der Waals surface area contributed by atoms with Crippen molar-refractivity contribution >= 4 is 17.5 Å². The number of nitrogens with one attached hydrogen (secondary N) is 1. The molecule has 0 radical (unpaired) electrons. The number of halogens is 1. The standard InChI is InChI=1S/C27H33ClN4O2/c1-19(2)29-26(34)18-32-17-25(30-27(32)22-4-3-5-23(28)16-22)21-8-6-20(7-9-21)10-13-31-14-11-24(33)12-15-31/h3-9,16-17,19,24,33H,10-15,18H2,1-2H3,(H,29,34). The molecule has 180 valence electrons. The zero-order valence-electron chi connectivity index (χ0n) is 19.9. The average molecular weight is 481 g/mol. The SMILES string of the molecule is CC(C)NC(=O)Cn1cc(-c2ccc(CCN3CCC(O)CC3)cc2)nc1-c1cccc(Cl)c1. The number of benzene rings is 2. The Labute approximate surface area is 206 Å². The van der Waals surface area contributed by atoms with E-state index in [4.69, 9.17) is 16.6 Å². The van der Waals surface area contributed by atoms with Gasteiger partial charge in [0.05, 0.1) is 11.8 Å². The number of rotatable bonds is 8. The van der Waals surface area contributed by atoms with Gasteiger partial charge in [0.2, 0.25) is 5.91 Å². The number of likely N-dealkylation sites (tertiary alicyclic amines) is 1. The summed E-state index contributed by atoms with van der Waals surface area (Å²) < 4.78 is 1.89. The molecule has 0 bridgehead atoms. The number of hydrogen-bond acceptors (Lipinski definition) is 4. The molecule has 1 amide bonds. The lowest BCUT2D eigenvalue weighted by atomic mass is 10.1. The molecule has 1 fully saturated rings. The number of hydrogen-bond donors (Lipinski definition) is 2. The molecule has 1 aliphatic rings. The number of piperidine rings is 1. The van der Waals surface area contributed by atoms with E-state index in [1.54, 1.807) is 0 Å². The topological polar surface area (TPSA) is 70.4 Å². The molecular weight excluding hydrogens is 448 g/mol. The molecule has 3 aromatic rings. The Hall–Kier alpha value is -2.67. The molecule has 1 aromatic heterocycles. The summed E-state index contributed by atoms with van der Waals surface area (Å²) in [7, 11) is 0. The summed E-state index contributed by atoms with van der Waals surface area (Å²) in [6.07, 6.45) is 4.51. The van der Waals surface area contributed by atoms with Crippen LogP contribution in [0.5, 0.6) is 0 Å². The van der Waals surface area contributed by atoms with Crippen LogP contribution in [0.1, 0.15) is 32.3 Å². The van der Waals surface area contributed by atoms with E-state index >= 15 is 0 Å². The maximum absolute atomic E-state index is 12.5. The van der Waals surface area contributed by atoms with E-state index in [0.717, 1.165) is 55.7 Å². The lowest BCUT2D eigenvalue weighted by Gasteiger charge is -2.29. The summed E-state index contributed by atoms with van der Waals surface area (Å²) >= 11 is 6.22. The second-order valence-corrected chi connectivity index (χ2v) is 9.77. The van der Waals surface area contributed by atoms with E-state index in [2.05, 4.69) is 34.5 Å². The number of carbonyl (C=O) groups is 1. The van der Waals surface area contributed by atoms with Crippen molar-refractivity contribution in [1.82, 2.24) is 19.8 Å². The fourth-order valence-corrected chi connectivity index (χ4v) is 4.52. The first-order valence-corrected chi connectivity index (χ1v) is 12.4. The number of amides is 1. The van der Waals surface area contributed by atoms with E-state index in [-0.39, 0.29) is 24.6 Å². The molecule has 0 aliphatic carbocycles. The van der Waals surface area contributed by atoms with Gasteiger partial charge in [-0.15, -0.1) is 0 Å². The molecular formula is C27H33ClN4O2. The third kappa shape index (κ3) is 6.47. The van der Waals surface area contributed by atoms with Crippen LogP contribution in [0.15, 0.2) is 54.7 Å². The van der Waals surface area contributed by atoms with Crippen LogP contribution in [0, 0.1) is 0 Å². The molecule has 0 atom stereocenters. The van der Waals surface area contributed by atoms with E-state index < -0.39 is 0 Å². The largest absolute Gasteiger partial charge is 0.393 e. The van der Waals surface area contributed by atoms with Crippen molar-refractivity contribution < 1.29 is 9.90 Å². The predicted molar refractivity (Wildman–Crippen MR) is 137 cm³/mol. The molecule has 2 N–H and O–H groups in total. The number of carbonyl (C=O) groups excluding carboxylic acids is 1. The molecule has 6 nitrogen and oxygen atoms in total. The van der Waals surface area contributed by atoms with Gasteiger partial charge in [0.25, 0.3) is 0 Å². The van der Waals surface area contributed by atoms with Gasteiger partial charge in [0, 0.05) is 48.0 Å². The lowest BCUT2D eigenvalue weighted by Crippen LogP contribution is -2.37. The number of aliphatic hydroxyl groups is 1. The molecule has 34 heavy (non-hydrogen) atoms. The molecule has 4 rings (SSSR count). The van der Waals surface area contributed by atoms with Crippen molar-refractivity contribution in [2.24, 2.45) is 0 Å². The van der Waals surface area contributed by atoms with Crippen molar-refractivity contribution in [3.05, 3.63) is 65.3 Å². The van der Waals surface area contributed by atoms with E-state index in [9.17, 15) is 9.90 Å². The van der Waals surface area contributed by atoms with Crippen molar-refractivity contribution in [2.45, 2.75) is 51.8 Å². The quantitative estimate of drug-likeness (QED) is 0.501. The summed E-state index contributed by atoms with van der Waals surface area (Å²) in [5.74, 6) is 0.663. The Morgan fingerprint density at radius 2 is 1.88 bits per heavy atom. The smallest absolute Gasteiger partial charge is 0.240 e.